The van der Waals surface area contributed by atoms with Gasteiger partial charge in [-0.05, 0) is 6.92 Å². The summed E-state index contributed by atoms with van der Waals surface area (Å²) in [6, 6.07) is 0. The smallest absolute Gasteiger partial charge is 0.144 e. The Morgan fingerprint density at radius 1 is 1.06 bits per heavy atom. The summed E-state index contributed by atoms with van der Waals surface area (Å²) in [7, 11) is 0. The van der Waals surface area contributed by atoms with Gasteiger partial charge in [0, 0.05) is 5.38 Å². The summed E-state index contributed by atoms with van der Waals surface area (Å²) in [5.41, 5.74) is 9.68. The van der Waals surface area contributed by atoms with E-state index in [9.17, 15) is 0 Å². The molecular formula is C12H20N4S. The molecule has 17 heavy (non-hydrogen) atoms. The van der Waals surface area contributed by atoms with Crippen LogP contribution in [0.15, 0.2) is 17.1 Å². The van der Waals surface area contributed by atoms with E-state index >= 15 is 0 Å². The molecule has 5 heteroatoms. The van der Waals surface area contributed by atoms with Crippen LogP contribution in [0.25, 0.3) is 11.4 Å². The van der Waals surface area contributed by atoms with E-state index in [1.165, 1.54) is 11.3 Å². The maximum Gasteiger partial charge on any atom is 0.144 e. The molecule has 0 radical (unpaired) electrons. The van der Waals surface area contributed by atoms with E-state index < -0.39 is 0 Å². The fourth-order valence-electron chi connectivity index (χ4n) is 0.953. The first-order chi connectivity index (χ1) is 8.27. The van der Waals surface area contributed by atoms with E-state index in [1.54, 1.807) is 11.7 Å². The third kappa shape index (κ3) is 4.48. The lowest BCUT2D eigenvalue weighted by molar-refractivity contribution is 1.12. The third-order valence-electron chi connectivity index (χ3n) is 1.68. The summed E-state index contributed by atoms with van der Waals surface area (Å²) in [4.78, 5) is 12.4. The van der Waals surface area contributed by atoms with E-state index in [2.05, 4.69) is 15.0 Å². The van der Waals surface area contributed by atoms with E-state index in [1.807, 2.05) is 40.0 Å². The zero-order valence-corrected chi connectivity index (χ0v) is 11.9. The normalized spacial score (nSPS) is 8.53. The maximum atomic E-state index is 5.55. The van der Waals surface area contributed by atoms with Gasteiger partial charge in [-0.3, -0.25) is 0 Å². The number of aromatic nitrogens is 3. The molecule has 94 valence electrons. The number of thiazole rings is 1. The zero-order chi connectivity index (χ0) is 13.3. The van der Waals surface area contributed by atoms with E-state index in [0.29, 0.717) is 5.82 Å². The molecular weight excluding hydrogens is 232 g/mol. The number of nitrogens with zero attached hydrogens (tertiary/aromatic N) is 3. The molecule has 2 aromatic rings. The molecule has 4 nitrogen and oxygen atoms in total. The number of nitrogen functional groups attached to an aromatic ring is 1. The second kappa shape index (κ2) is 8.64. The highest BCUT2D eigenvalue weighted by atomic mass is 32.1. The molecule has 0 aliphatic heterocycles. The van der Waals surface area contributed by atoms with E-state index in [-0.39, 0.29) is 0 Å². The SMILES string of the molecule is CC.CC.Cc1nc(-c2cscn2)cnc1N. The summed E-state index contributed by atoms with van der Waals surface area (Å²) in [5, 5.41) is 1.93. The van der Waals surface area contributed by atoms with Crippen molar-refractivity contribution in [3.8, 4) is 11.4 Å². The van der Waals surface area contributed by atoms with Crippen molar-refractivity contribution in [3.05, 3.63) is 22.8 Å². The largest absolute Gasteiger partial charge is 0.382 e. The molecule has 2 N–H and O–H groups in total. The summed E-state index contributed by atoms with van der Waals surface area (Å²) in [6.45, 7) is 9.83. The number of hydrogen-bond donors (Lipinski definition) is 1. The Morgan fingerprint density at radius 3 is 2.18 bits per heavy atom. The second-order valence-corrected chi connectivity index (χ2v) is 3.32. The van der Waals surface area contributed by atoms with Gasteiger partial charge in [-0.25, -0.2) is 15.0 Å². The van der Waals surface area contributed by atoms with Crippen LogP contribution in [0.1, 0.15) is 33.4 Å². The Balaban J connectivity index is 0.000000581. The highest BCUT2D eigenvalue weighted by Gasteiger charge is 2.03. The Labute approximate surface area is 107 Å². The number of hydrogen-bond acceptors (Lipinski definition) is 5. The fraction of sp³-hybridized carbons (Fsp3) is 0.417. The molecule has 2 heterocycles. The molecule has 0 saturated heterocycles. The zero-order valence-electron chi connectivity index (χ0n) is 11.1. The number of nitrogens with two attached hydrogens (primary N) is 1. The van der Waals surface area contributed by atoms with Crippen LogP contribution < -0.4 is 5.73 Å². The Kier molecular flexibility index (Phi) is 7.88. The van der Waals surface area contributed by atoms with Crippen LogP contribution >= 0.6 is 11.3 Å². The van der Waals surface area contributed by atoms with Gasteiger partial charge in [-0.15, -0.1) is 11.3 Å². The van der Waals surface area contributed by atoms with Gasteiger partial charge in [-0.2, -0.15) is 0 Å². The first-order valence-corrected chi connectivity index (χ1v) is 6.69. The van der Waals surface area contributed by atoms with Gasteiger partial charge in [0.15, 0.2) is 0 Å². The average Bonchev–Trinajstić information content (AvgIpc) is 2.91. The fourth-order valence-corrected chi connectivity index (χ4v) is 1.50. The number of rotatable bonds is 1. The summed E-state index contributed by atoms with van der Waals surface area (Å²) < 4.78 is 0. The number of anilines is 1. The van der Waals surface area contributed by atoms with Crippen molar-refractivity contribution >= 4 is 17.2 Å². The maximum absolute atomic E-state index is 5.55. The molecule has 0 aliphatic rings. The molecule has 2 rings (SSSR count). The van der Waals surface area contributed by atoms with Gasteiger partial charge < -0.3 is 5.73 Å². The van der Waals surface area contributed by atoms with Crippen LogP contribution in [0, 0.1) is 6.92 Å². The molecule has 0 saturated carbocycles. The van der Waals surface area contributed by atoms with Crippen LogP contribution in [0.3, 0.4) is 0 Å². The van der Waals surface area contributed by atoms with Crippen LogP contribution in [0.2, 0.25) is 0 Å². The Bertz CT molecular complexity index is 412. The van der Waals surface area contributed by atoms with Gasteiger partial charge in [0.25, 0.3) is 0 Å². The molecule has 0 fully saturated rings. The molecule has 0 unspecified atom stereocenters. The highest BCUT2D eigenvalue weighted by molar-refractivity contribution is 7.07. The van der Waals surface area contributed by atoms with Gasteiger partial charge in [0.1, 0.15) is 17.2 Å². The predicted molar refractivity (Wildman–Crippen MR) is 75.0 cm³/mol. The summed E-state index contributed by atoms with van der Waals surface area (Å²) in [5.74, 6) is 0.471. The minimum absolute atomic E-state index is 0.471. The van der Waals surface area contributed by atoms with Crippen LogP contribution in [-0.2, 0) is 0 Å². The van der Waals surface area contributed by atoms with Crippen molar-refractivity contribution in [2.75, 3.05) is 5.73 Å². The molecule has 0 spiro atoms. The van der Waals surface area contributed by atoms with E-state index in [0.717, 1.165) is 17.1 Å². The van der Waals surface area contributed by atoms with E-state index in [4.69, 9.17) is 5.73 Å². The van der Waals surface area contributed by atoms with Crippen molar-refractivity contribution in [3.63, 3.8) is 0 Å². The lowest BCUT2D eigenvalue weighted by Crippen LogP contribution is -1.97. The topological polar surface area (TPSA) is 64.7 Å². The Hall–Kier alpha value is -1.49. The first kappa shape index (κ1) is 15.5. The van der Waals surface area contributed by atoms with Gasteiger partial charge in [0.05, 0.1) is 17.4 Å². The standard InChI is InChI=1S/C8H8N4S.2C2H6/c1-5-8(9)10-2-6(12-5)7-3-13-4-11-7;2*1-2/h2-4H,1H3,(H2,9,10);2*1-2H3. The molecule has 0 bridgehead atoms. The predicted octanol–water partition coefficient (Wildman–Crippen LogP) is 3.54. The van der Waals surface area contributed by atoms with Gasteiger partial charge in [0.2, 0.25) is 0 Å². The van der Waals surface area contributed by atoms with Crippen LogP contribution in [0.5, 0.6) is 0 Å². The molecule has 0 aromatic carbocycles. The summed E-state index contributed by atoms with van der Waals surface area (Å²) >= 11 is 1.53. The van der Waals surface area contributed by atoms with Gasteiger partial charge in [-0.1, -0.05) is 27.7 Å². The quantitative estimate of drug-likeness (QED) is 0.843. The molecule has 2 aromatic heterocycles. The highest BCUT2D eigenvalue weighted by Crippen LogP contribution is 2.17. The van der Waals surface area contributed by atoms with Crippen molar-refractivity contribution in [1.82, 2.24) is 15.0 Å². The van der Waals surface area contributed by atoms with Crippen molar-refractivity contribution in [2.45, 2.75) is 34.6 Å². The van der Waals surface area contributed by atoms with Crippen LogP contribution in [0.4, 0.5) is 5.82 Å². The minimum atomic E-state index is 0.471. The molecule has 0 amide bonds. The van der Waals surface area contributed by atoms with Crippen molar-refractivity contribution in [1.29, 1.82) is 0 Å². The lowest BCUT2D eigenvalue weighted by atomic mass is 10.3. The van der Waals surface area contributed by atoms with Gasteiger partial charge >= 0.3 is 0 Å². The Morgan fingerprint density at radius 2 is 1.71 bits per heavy atom. The monoisotopic (exact) mass is 252 g/mol. The second-order valence-electron chi connectivity index (χ2n) is 2.60. The number of aryl methyl sites for hydroxylation is 1. The average molecular weight is 252 g/mol. The minimum Gasteiger partial charge on any atom is -0.382 e. The molecule has 0 atom stereocenters. The van der Waals surface area contributed by atoms with Crippen molar-refractivity contribution in [2.24, 2.45) is 0 Å². The summed E-state index contributed by atoms with van der Waals surface area (Å²) in [6.07, 6.45) is 1.64. The molecule has 0 aliphatic carbocycles. The third-order valence-corrected chi connectivity index (χ3v) is 2.27. The first-order valence-electron chi connectivity index (χ1n) is 5.75. The lowest BCUT2D eigenvalue weighted by Gasteiger charge is -1.99. The van der Waals surface area contributed by atoms with Crippen LogP contribution in [-0.4, -0.2) is 15.0 Å². The van der Waals surface area contributed by atoms with Crippen molar-refractivity contribution < 1.29 is 0 Å².